The average Bonchev–Trinajstić information content (AvgIpc) is 2.48. The molecule has 0 N–H and O–H groups in total. The van der Waals surface area contributed by atoms with Crippen LogP contribution in [0.15, 0.2) is 79.4 Å². The first-order chi connectivity index (χ1) is 10.4. The molecule has 0 heteroatoms. The first-order valence-electron chi connectivity index (χ1n) is 7.53. The second kappa shape index (κ2) is 8.84. The van der Waals surface area contributed by atoms with Crippen molar-refractivity contribution >= 4 is 5.57 Å². The maximum atomic E-state index is 3.74. The number of hydrogen-bond acceptors (Lipinski definition) is 0. The summed E-state index contributed by atoms with van der Waals surface area (Å²) in [6, 6.07) is 17.2. The minimum Gasteiger partial charge on any atom is -0.100 e. The lowest BCUT2D eigenvalue weighted by molar-refractivity contribution is 1.42. The summed E-state index contributed by atoms with van der Waals surface area (Å²) in [4.78, 5) is 0. The molecule has 22 heavy (non-hydrogen) atoms. The summed E-state index contributed by atoms with van der Waals surface area (Å²) < 4.78 is 0. The monoisotopic (exact) mass is 290 g/mol. The van der Waals surface area contributed by atoms with Crippen LogP contribution in [-0.4, -0.2) is 0 Å². The zero-order valence-corrected chi connectivity index (χ0v) is 14.2. The largest absolute Gasteiger partial charge is 0.100 e. The normalized spacial score (nSPS) is 10.5. The van der Waals surface area contributed by atoms with Crippen LogP contribution in [-0.2, 0) is 0 Å². The predicted octanol–water partition coefficient (Wildman–Crippen LogP) is 6.83. The van der Waals surface area contributed by atoms with E-state index in [9.17, 15) is 0 Å². The Hall–Kier alpha value is -2.34. The minimum absolute atomic E-state index is 1.17. The standard InChI is InChI=1S/C18H18.C4H8/c1-4-6-15(3)17-7-5-8-18(13-17)16-11-9-14(2)10-12-16;1-4(2)3/h4-13H,1H2,2-3H3;1H2,2-3H3/b15-6+;. The SMILES string of the molecule is C=C(C)C.C=C/C=C(\C)c1cccc(-c2ccc(C)cc2)c1. The maximum Gasteiger partial charge on any atom is -0.0178 e. The van der Waals surface area contributed by atoms with Gasteiger partial charge in [0.25, 0.3) is 0 Å². The van der Waals surface area contributed by atoms with Gasteiger partial charge in [-0.3, -0.25) is 0 Å². The van der Waals surface area contributed by atoms with Crippen LogP contribution in [0.4, 0.5) is 0 Å². The maximum absolute atomic E-state index is 3.74. The molecular formula is C22H26. The zero-order valence-electron chi connectivity index (χ0n) is 14.2. The van der Waals surface area contributed by atoms with Crippen molar-refractivity contribution in [2.24, 2.45) is 0 Å². The van der Waals surface area contributed by atoms with Crippen LogP contribution in [0, 0.1) is 6.92 Å². The van der Waals surface area contributed by atoms with Gasteiger partial charge in [0.2, 0.25) is 0 Å². The van der Waals surface area contributed by atoms with Gasteiger partial charge in [0.15, 0.2) is 0 Å². The molecular weight excluding hydrogens is 264 g/mol. The van der Waals surface area contributed by atoms with Gasteiger partial charge in [-0.25, -0.2) is 0 Å². The lowest BCUT2D eigenvalue weighted by Gasteiger charge is -2.06. The highest BCUT2D eigenvalue weighted by molar-refractivity contribution is 5.72. The van der Waals surface area contributed by atoms with E-state index >= 15 is 0 Å². The first-order valence-corrected chi connectivity index (χ1v) is 7.53. The molecule has 0 aliphatic carbocycles. The van der Waals surface area contributed by atoms with Crippen molar-refractivity contribution in [2.45, 2.75) is 27.7 Å². The molecule has 2 aromatic carbocycles. The quantitative estimate of drug-likeness (QED) is 0.429. The van der Waals surface area contributed by atoms with Crippen molar-refractivity contribution in [3.05, 3.63) is 90.5 Å². The van der Waals surface area contributed by atoms with Crippen molar-refractivity contribution < 1.29 is 0 Å². The van der Waals surface area contributed by atoms with Gasteiger partial charge in [0, 0.05) is 0 Å². The fraction of sp³-hybridized carbons (Fsp3) is 0.182. The van der Waals surface area contributed by atoms with E-state index in [1.54, 1.807) is 0 Å². The fourth-order valence-electron chi connectivity index (χ4n) is 1.96. The molecule has 0 fully saturated rings. The van der Waals surface area contributed by atoms with Gasteiger partial charge in [0.1, 0.15) is 0 Å². The molecule has 0 amide bonds. The van der Waals surface area contributed by atoms with Crippen molar-refractivity contribution in [3.8, 4) is 11.1 Å². The van der Waals surface area contributed by atoms with Gasteiger partial charge in [0.05, 0.1) is 0 Å². The lowest BCUT2D eigenvalue weighted by atomic mass is 9.99. The smallest absolute Gasteiger partial charge is 0.0178 e. The van der Waals surface area contributed by atoms with Crippen LogP contribution < -0.4 is 0 Å². The second-order valence-corrected chi connectivity index (χ2v) is 5.74. The predicted molar refractivity (Wildman–Crippen MR) is 101 cm³/mol. The Bertz CT molecular complexity index is 651. The molecule has 0 aliphatic rings. The lowest BCUT2D eigenvalue weighted by Crippen LogP contribution is -1.83. The van der Waals surface area contributed by atoms with Crippen LogP contribution in [0.25, 0.3) is 16.7 Å². The van der Waals surface area contributed by atoms with E-state index < -0.39 is 0 Å². The summed E-state index contributed by atoms with van der Waals surface area (Å²) in [6.07, 6.45) is 3.86. The number of allylic oxidation sites excluding steroid dienone is 4. The molecule has 0 saturated carbocycles. The van der Waals surface area contributed by atoms with Crippen LogP contribution in [0.2, 0.25) is 0 Å². The number of aryl methyl sites for hydroxylation is 1. The van der Waals surface area contributed by atoms with Crippen molar-refractivity contribution in [2.75, 3.05) is 0 Å². The van der Waals surface area contributed by atoms with Gasteiger partial charge in [-0.2, -0.15) is 0 Å². The fourth-order valence-corrected chi connectivity index (χ4v) is 1.96. The molecule has 0 heterocycles. The number of hydrogen-bond donors (Lipinski definition) is 0. The van der Waals surface area contributed by atoms with E-state index in [2.05, 4.69) is 75.5 Å². The summed E-state index contributed by atoms with van der Waals surface area (Å²) in [6.45, 7) is 15.5. The van der Waals surface area contributed by atoms with E-state index in [0.29, 0.717) is 0 Å². The summed E-state index contributed by atoms with van der Waals surface area (Å²) >= 11 is 0. The molecule has 114 valence electrons. The molecule has 0 radical (unpaired) electrons. The summed E-state index contributed by atoms with van der Waals surface area (Å²) in [5.74, 6) is 0. The number of benzene rings is 2. The molecule has 0 bridgehead atoms. The van der Waals surface area contributed by atoms with Gasteiger partial charge in [-0.1, -0.05) is 72.3 Å². The third-order valence-electron chi connectivity index (χ3n) is 3.07. The van der Waals surface area contributed by atoms with Crippen LogP contribution in [0.5, 0.6) is 0 Å². The summed E-state index contributed by atoms with van der Waals surface area (Å²) in [5, 5.41) is 0. The molecule has 0 atom stereocenters. The Kier molecular flexibility index (Phi) is 7.12. The molecule has 0 unspecified atom stereocenters. The highest BCUT2D eigenvalue weighted by Crippen LogP contribution is 2.24. The molecule has 0 saturated heterocycles. The Labute approximate surface area is 135 Å². The Morgan fingerprint density at radius 2 is 1.50 bits per heavy atom. The topological polar surface area (TPSA) is 0 Å². The molecule has 2 rings (SSSR count). The van der Waals surface area contributed by atoms with Crippen LogP contribution in [0.1, 0.15) is 31.9 Å². The highest BCUT2D eigenvalue weighted by Gasteiger charge is 2.00. The van der Waals surface area contributed by atoms with Crippen molar-refractivity contribution in [1.82, 2.24) is 0 Å². The van der Waals surface area contributed by atoms with Gasteiger partial charge in [-0.15, -0.1) is 6.58 Å². The summed E-state index contributed by atoms with van der Waals surface area (Å²) in [7, 11) is 0. The van der Waals surface area contributed by atoms with Gasteiger partial charge in [-0.05, 0) is 56.0 Å². The van der Waals surface area contributed by atoms with E-state index in [4.69, 9.17) is 0 Å². The Morgan fingerprint density at radius 3 is 2.05 bits per heavy atom. The molecule has 0 aliphatic heterocycles. The van der Waals surface area contributed by atoms with Gasteiger partial charge >= 0.3 is 0 Å². The van der Waals surface area contributed by atoms with Crippen LogP contribution >= 0.6 is 0 Å². The van der Waals surface area contributed by atoms with Gasteiger partial charge < -0.3 is 0 Å². The Balaban J connectivity index is 0.000000541. The highest BCUT2D eigenvalue weighted by atomic mass is 14.0. The summed E-state index contributed by atoms with van der Waals surface area (Å²) in [5.41, 5.74) is 7.45. The molecule has 2 aromatic rings. The Morgan fingerprint density at radius 1 is 0.909 bits per heavy atom. The van der Waals surface area contributed by atoms with E-state index in [-0.39, 0.29) is 0 Å². The molecule has 0 nitrogen and oxygen atoms in total. The zero-order chi connectivity index (χ0) is 16.5. The first kappa shape index (κ1) is 17.7. The second-order valence-electron chi connectivity index (χ2n) is 5.74. The van der Waals surface area contributed by atoms with E-state index in [0.717, 1.165) is 0 Å². The van der Waals surface area contributed by atoms with Crippen molar-refractivity contribution in [1.29, 1.82) is 0 Å². The minimum atomic E-state index is 1.17. The third kappa shape index (κ3) is 5.97. The van der Waals surface area contributed by atoms with Crippen LogP contribution in [0.3, 0.4) is 0 Å². The van der Waals surface area contributed by atoms with E-state index in [1.807, 2.05) is 26.0 Å². The number of rotatable bonds is 3. The molecule has 0 aromatic heterocycles. The van der Waals surface area contributed by atoms with E-state index in [1.165, 1.54) is 33.4 Å². The van der Waals surface area contributed by atoms with Crippen molar-refractivity contribution in [3.63, 3.8) is 0 Å². The molecule has 0 spiro atoms. The average molecular weight is 290 g/mol. The third-order valence-corrected chi connectivity index (χ3v) is 3.07.